The lowest BCUT2D eigenvalue weighted by molar-refractivity contribution is -0.122. The number of halogens is 2. The molecule has 0 aliphatic rings. The van der Waals surface area contributed by atoms with Crippen molar-refractivity contribution in [1.29, 1.82) is 0 Å². The Bertz CT molecular complexity index is 1690. The molecule has 3 heterocycles. The molecule has 14 heteroatoms. The van der Waals surface area contributed by atoms with Crippen molar-refractivity contribution in [2.24, 2.45) is 0 Å². The van der Waals surface area contributed by atoms with Gasteiger partial charge in [-0.1, -0.05) is 30.3 Å². The van der Waals surface area contributed by atoms with Crippen molar-refractivity contribution in [3.05, 3.63) is 95.4 Å². The van der Waals surface area contributed by atoms with E-state index in [1.54, 1.807) is 47.1 Å². The van der Waals surface area contributed by atoms with E-state index >= 15 is 0 Å². The number of nitrogens with zero attached hydrogens (tertiary/aromatic N) is 6. The van der Waals surface area contributed by atoms with Crippen molar-refractivity contribution in [2.75, 3.05) is 23.5 Å². The number of hydrogen-bond donors (Lipinski definition) is 3. The second-order valence-corrected chi connectivity index (χ2v) is 8.42. The molecule has 0 aliphatic heterocycles. The average molecular weight is 563 g/mol. The van der Waals surface area contributed by atoms with Crippen LogP contribution in [0.5, 0.6) is 0 Å². The maximum Gasteiger partial charge on any atom is 0.414 e. The third kappa shape index (κ3) is 6.16. The minimum absolute atomic E-state index is 0.0121. The number of ether oxygens (including phenoxy) is 1. The Balaban J connectivity index is 0.00000124. The van der Waals surface area contributed by atoms with E-state index in [4.69, 9.17) is 26.1 Å². The molecule has 2 aromatic carbocycles. The Labute approximate surface area is 231 Å². The number of methoxy groups -OCH3 is 1. The smallest absolute Gasteiger partial charge is 0.414 e. The molecule has 0 atom stereocenters. The van der Waals surface area contributed by atoms with Gasteiger partial charge in [-0.25, -0.2) is 33.0 Å². The second-order valence-electron chi connectivity index (χ2n) is 8.42. The van der Waals surface area contributed by atoms with Gasteiger partial charge in [-0.3, -0.25) is 9.69 Å². The standard InChI is InChI=1S/C26H22F2N8O2.CH2O2/c1-38-26(37)35(14-15-6-4-8-17(27)12-15)22-23(29)33-25(34-24(22)30)21-19-10-5-11-31-36(19)20(32-21)13-16-7-2-3-9-18(16)28;2-1-3/h2-12H,13-14H2,1H3,(H4,29,30,33,34);1H,(H,2,3). The Kier molecular flexibility index (Phi) is 8.62. The summed E-state index contributed by atoms with van der Waals surface area (Å²) in [6.07, 6.45) is 0.960. The minimum Gasteiger partial charge on any atom is -0.483 e. The summed E-state index contributed by atoms with van der Waals surface area (Å²) in [6, 6.07) is 15.6. The van der Waals surface area contributed by atoms with Crippen LogP contribution in [-0.4, -0.2) is 49.3 Å². The number of carboxylic acid groups (broad SMARTS) is 1. The van der Waals surface area contributed by atoms with E-state index in [-0.39, 0.29) is 48.4 Å². The molecule has 0 radical (unpaired) electrons. The third-order valence-electron chi connectivity index (χ3n) is 5.83. The molecule has 210 valence electrons. The molecule has 0 fully saturated rings. The monoisotopic (exact) mass is 562 g/mol. The van der Waals surface area contributed by atoms with E-state index < -0.39 is 11.9 Å². The van der Waals surface area contributed by atoms with Crippen LogP contribution in [0.4, 0.5) is 30.9 Å². The van der Waals surface area contributed by atoms with Crippen molar-refractivity contribution in [2.45, 2.75) is 13.0 Å². The van der Waals surface area contributed by atoms with Crippen LogP contribution in [0.15, 0.2) is 66.9 Å². The first-order valence-corrected chi connectivity index (χ1v) is 11.9. The number of amides is 1. The first-order valence-electron chi connectivity index (χ1n) is 11.9. The fraction of sp³-hybridized carbons (Fsp3) is 0.111. The number of anilines is 3. The molecule has 0 unspecified atom stereocenters. The third-order valence-corrected chi connectivity index (χ3v) is 5.83. The van der Waals surface area contributed by atoms with E-state index in [1.165, 1.54) is 31.4 Å². The summed E-state index contributed by atoms with van der Waals surface area (Å²) >= 11 is 0. The van der Waals surface area contributed by atoms with E-state index in [2.05, 4.69) is 20.1 Å². The van der Waals surface area contributed by atoms with E-state index in [1.807, 2.05) is 0 Å². The van der Waals surface area contributed by atoms with Gasteiger partial charge in [-0.2, -0.15) is 5.10 Å². The van der Waals surface area contributed by atoms with Gasteiger partial charge in [0.05, 0.1) is 19.2 Å². The van der Waals surface area contributed by atoms with Crippen LogP contribution in [-0.2, 0) is 22.5 Å². The molecule has 5 rings (SSSR count). The quantitative estimate of drug-likeness (QED) is 0.259. The SMILES string of the molecule is COC(=O)N(Cc1cccc(F)c1)c1c(N)nc(-c2nc(Cc3ccccc3F)n3ncccc23)nc1N.O=CO. The predicted octanol–water partition coefficient (Wildman–Crippen LogP) is 3.69. The van der Waals surface area contributed by atoms with Crippen molar-refractivity contribution in [1.82, 2.24) is 24.6 Å². The van der Waals surface area contributed by atoms with Gasteiger partial charge in [0.25, 0.3) is 6.47 Å². The molecule has 12 nitrogen and oxygen atoms in total. The van der Waals surface area contributed by atoms with Crippen LogP contribution in [0, 0.1) is 11.6 Å². The van der Waals surface area contributed by atoms with Crippen LogP contribution in [0.2, 0.25) is 0 Å². The van der Waals surface area contributed by atoms with Gasteiger partial charge in [0.2, 0.25) is 0 Å². The topological polar surface area (TPSA) is 175 Å². The molecule has 0 spiro atoms. The lowest BCUT2D eigenvalue weighted by Crippen LogP contribution is -2.32. The highest BCUT2D eigenvalue weighted by Crippen LogP contribution is 2.33. The lowest BCUT2D eigenvalue weighted by Gasteiger charge is -2.23. The van der Waals surface area contributed by atoms with Crippen LogP contribution in [0.3, 0.4) is 0 Å². The number of imidazole rings is 1. The summed E-state index contributed by atoms with van der Waals surface area (Å²) in [5.74, 6) is -0.522. The highest BCUT2D eigenvalue weighted by atomic mass is 19.1. The van der Waals surface area contributed by atoms with Crippen molar-refractivity contribution in [3.63, 3.8) is 0 Å². The van der Waals surface area contributed by atoms with Crippen LogP contribution in [0.25, 0.3) is 17.0 Å². The highest BCUT2D eigenvalue weighted by Gasteiger charge is 2.26. The van der Waals surface area contributed by atoms with Gasteiger partial charge in [0.15, 0.2) is 17.5 Å². The molecule has 0 saturated carbocycles. The number of fused-ring (bicyclic) bond motifs is 1. The molecular weight excluding hydrogens is 538 g/mol. The van der Waals surface area contributed by atoms with Crippen molar-refractivity contribution >= 4 is 35.4 Å². The Morgan fingerprint density at radius 1 is 1.05 bits per heavy atom. The molecule has 5 N–H and O–H groups in total. The Morgan fingerprint density at radius 3 is 2.41 bits per heavy atom. The molecule has 0 bridgehead atoms. The highest BCUT2D eigenvalue weighted by molar-refractivity contribution is 5.95. The Hall–Kier alpha value is -5.66. The summed E-state index contributed by atoms with van der Waals surface area (Å²) in [4.78, 5) is 35.5. The maximum absolute atomic E-state index is 14.3. The number of hydrogen-bond acceptors (Lipinski definition) is 9. The number of rotatable bonds is 6. The molecule has 0 aliphatic carbocycles. The summed E-state index contributed by atoms with van der Waals surface area (Å²) < 4.78 is 34.5. The average Bonchev–Trinajstić information content (AvgIpc) is 3.32. The lowest BCUT2D eigenvalue weighted by atomic mass is 10.1. The fourth-order valence-electron chi connectivity index (χ4n) is 4.12. The van der Waals surface area contributed by atoms with E-state index in [9.17, 15) is 13.6 Å². The first-order chi connectivity index (χ1) is 19.8. The number of aromatic nitrogens is 5. The van der Waals surface area contributed by atoms with Gasteiger partial charge < -0.3 is 21.3 Å². The van der Waals surface area contributed by atoms with Gasteiger partial charge in [-0.15, -0.1) is 0 Å². The molecule has 3 aromatic heterocycles. The first kappa shape index (κ1) is 28.4. The number of carbonyl (C=O) groups excluding carboxylic acids is 1. The van der Waals surface area contributed by atoms with Crippen molar-refractivity contribution < 1.29 is 28.2 Å². The van der Waals surface area contributed by atoms with Crippen LogP contribution >= 0.6 is 0 Å². The zero-order valence-corrected chi connectivity index (χ0v) is 21.6. The summed E-state index contributed by atoms with van der Waals surface area (Å²) in [5, 5.41) is 11.2. The predicted molar refractivity (Wildman–Crippen MR) is 146 cm³/mol. The molecule has 1 amide bonds. The zero-order valence-electron chi connectivity index (χ0n) is 21.6. The molecule has 41 heavy (non-hydrogen) atoms. The van der Waals surface area contributed by atoms with Crippen molar-refractivity contribution in [3.8, 4) is 11.5 Å². The maximum atomic E-state index is 14.3. The molecular formula is C27H24F2N8O4. The normalized spacial score (nSPS) is 10.5. The number of nitrogens with two attached hydrogens (primary N) is 2. The largest absolute Gasteiger partial charge is 0.483 e. The van der Waals surface area contributed by atoms with Gasteiger partial charge in [0.1, 0.15) is 28.8 Å². The van der Waals surface area contributed by atoms with Crippen LogP contribution < -0.4 is 16.4 Å². The molecule has 0 saturated heterocycles. The van der Waals surface area contributed by atoms with Gasteiger partial charge in [0, 0.05) is 12.6 Å². The van der Waals surface area contributed by atoms with Gasteiger partial charge in [-0.05, 0) is 41.5 Å². The summed E-state index contributed by atoms with van der Waals surface area (Å²) in [6.45, 7) is -0.342. The van der Waals surface area contributed by atoms with E-state index in [0.29, 0.717) is 28.2 Å². The number of nitrogen functional groups attached to an aromatic ring is 2. The minimum atomic E-state index is -0.784. The Morgan fingerprint density at radius 2 is 1.76 bits per heavy atom. The summed E-state index contributed by atoms with van der Waals surface area (Å²) in [5.41, 5.74) is 14.4. The fourth-order valence-corrected chi connectivity index (χ4v) is 4.12. The zero-order chi connectivity index (χ0) is 29.5. The second kappa shape index (κ2) is 12.5. The van der Waals surface area contributed by atoms with E-state index in [0.717, 1.165) is 4.90 Å². The van der Waals surface area contributed by atoms with Gasteiger partial charge >= 0.3 is 6.09 Å². The summed E-state index contributed by atoms with van der Waals surface area (Å²) in [7, 11) is 1.20. The molecule has 5 aromatic rings. The van der Waals surface area contributed by atoms with Crippen LogP contribution in [0.1, 0.15) is 17.0 Å². The number of carbonyl (C=O) groups is 2. The number of benzene rings is 2.